The van der Waals surface area contributed by atoms with Crippen LogP contribution < -0.4 is 5.32 Å². The van der Waals surface area contributed by atoms with Crippen molar-refractivity contribution >= 4 is 11.7 Å². The van der Waals surface area contributed by atoms with Crippen LogP contribution in [0.1, 0.15) is 21.6 Å². The largest absolute Gasteiger partial charge is 0.305 e. The van der Waals surface area contributed by atoms with E-state index in [0.717, 1.165) is 0 Å². The average Bonchev–Trinajstić information content (AvgIpc) is 2.61. The van der Waals surface area contributed by atoms with E-state index in [-0.39, 0.29) is 17.4 Å². The molecule has 1 amide bonds. The minimum absolute atomic E-state index is 0.261. The Balaban J connectivity index is 1.71. The zero-order valence-electron chi connectivity index (χ0n) is 12.5. The Kier molecular flexibility index (Phi) is 4.59. The monoisotopic (exact) mass is 317 g/mol. The quantitative estimate of drug-likeness (QED) is 0.738. The van der Waals surface area contributed by atoms with Crippen LogP contribution >= 0.6 is 0 Å². The molecule has 0 saturated heterocycles. The van der Waals surface area contributed by atoms with Crippen molar-refractivity contribution in [1.29, 1.82) is 0 Å². The average molecular weight is 317 g/mol. The predicted octanol–water partition coefficient (Wildman–Crippen LogP) is 3.27. The number of carbonyl (C=O) groups is 1. The maximum atomic E-state index is 13.1. The highest BCUT2D eigenvalue weighted by molar-refractivity contribution is 6.02. The lowest BCUT2D eigenvalue weighted by Gasteiger charge is -2.03. The fraction of sp³-hybridized carbons (Fsp3) is 0. The summed E-state index contributed by atoms with van der Waals surface area (Å²) in [5, 5.41) is 2.65. The molecule has 0 atom stereocenters. The van der Waals surface area contributed by atoms with Crippen LogP contribution in [0.5, 0.6) is 0 Å². The molecule has 0 aliphatic carbocycles. The minimum Gasteiger partial charge on any atom is -0.305 e. The molecule has 4 nitrogen and oxygen atoms in total. The van der Waals surface area contributed by atoms with E-state index in [1.54, 1.807) is 48.7 Å². The highest BCUT2D eigenvalue weighted by Crippen LogP contribution is 2.06. The molecule has 24 heavy (non-hydrogen) atoms. The van der Waals surface area contributed by atoms with Gasteiger partial charge in [0.1, 0.15) is 17.3 Å². The van der Waals surface area contributed by atoms with Gasteiger partial charge in [-0.3, -0.25) is 4.79 Å². The van der Waals surface area contributed by atoms with Crippen LogP contribution in [-0.4, -0.2) is 15.9 Å². The standard InChI is InChI=1S/C19H12FN3O/c20-16-5-3-4-14(12-16)7-8-15-9-10-17(22-13-15)19(24)23-18-6-1-2-11-21-18/h1-6,9-13H,(H,21,23,24). The summed E-state index contributed by atoms with van der Waals surface area (Å²) in [7, 11) is 0. The predicted molar refractivity (Wildman–Crippen MR) is 88.8 cm³/mol. The molecule has 1 aromatic carbocycles. The number of nitrogens with zero attached hydrogens (tertiary/aromatic N) is 2. The Morgan fingerprint density at radius 3 is 2.54 bits per heavy atom. The van der Waals surface area contributed by atoms with Gasteiger partial charge in [0.15, 0.2) is 0 Å². The third-order valence-electron chi connectivity index (χ3n) is 3.08. The van der Waals surface area contributed by atoms with Crippen LogP contribution in [0.2, 0.25) is 0 Å². The first-order valence-corrected chi connectivity index (χ1v) is 7.17. The number of rotatable bonds is 2. The number of benzene rings is 1. The maximum Gasteiger partial charge on any atom is 0.275 e. The molecule has 0 aliphatic heterocycles. The first kappa shape index (κ1) is 15.4. The van der Waals surface area contributed by atoms with Gasteiger partial charge in [-0.25, -0.2) is 14.4 Å². The Morgan fingerprint density at radius 2 is 1.83 bits per heavy atom. The Labute approximate surface area is 138 Å². The second-order valence-corrected chi connectivity index (χ2v) is 4.86. The molecule has 0 spiro atoms. The van der Waals surface area contributed by atoms with Crippen LogP contribution in [0, 0.1) is 17.7 Å². The van der Waals surface area contributed by atoms with E-state index in [9.17, 15) is 9.18 Å². The van der Waals surface area contributed by atoms with E-state index >= 15 is 0 Å². The molecule has 0 radical (unpaired) electrons. The molecular formula is C19H12FN3O. The first-order chi connectivity index (χ1) is 11.7. The van der Waals surface area contributed by atoms with Crippen LogP contribution in [-0.2, 0) is 0 Å². The molecule has 2 aromatic heterocycles. The number of halogens is 1. The number of aromatic nitrogens is 2. The lowest BCUT2D eigenvalue weighted by atomic mass is 10.2. The van der Waals surface area contributed by atoms with Crippen molar-refractivity contribution in [3.05, 3.63) is 89.6 Å². The van der Waals surface area contributed by atoms with Crippen molar-refractivity contribution < 1.29 is 9.18 Å². The summed E-state index contributed by atoms with van der Waals surface area (Å²) in [4.78, 5) is 20.2. The van der Waals surface area contributed by atoms with Gasteiger partial charge in [0.05, 0.1) is 0 Å². The van der Waals surface area contributed by atoms with Gasteiger partial charge in [0.2, 0.25) is 0 Å². The van der Waals surface area contributed by atoms with Gasteiger partial charge in [0.25, 0.3) is 5.91 Å². The third kappa shape index (κ3) is 4.02. The number of amides is 1. The Hall–Kier alpha value is -3.52. The van der Waals surface area contributed by atoms with Crippen LogP contribution in [0.25, 0.3) is 0 Å². The molecule has 3 aromatic rings. The Bertz CT molecular complexity index is 913. The highest BCUT2D eigenvalue weighted by atomic mass is 19.1. The smallest absolute Gasteiger partial charge is 0.275 e. The van der Waals surface area contributed by atoms with Crippen LogP contribution in [0.15, 0.2) is 67.0 Å². The number of anilines is 1. The van der Waals surface area contributed by atoms with E-state index < -0.39 is 0 Å². The molecule has 0 bridgehead atoms. The molecule has 2 heterocycles. The third-order valence-corrected chi connectivity index (χ3v) is 3.08. The topological polar surface area (TPSA) is 54.9 Å². The summed E-state index contributed by atoms with van der Waals surface area (Å²) in [6, 6.07) is 14.5. The molecule has 0 fully saturated rings. The maximum absolute atomic E-state index is 13.1. The molecular weight excluding hydrogens is 305 g/mol. The summed E-state index contributed by atoms with van der Waals surface area (Å²) >= 11 is 0. The summed E-state index contributed by atoms with van der Waals surface area (Å²) in [5.74, 6) is 5.51. The van der Waals surface area contributed by atoms with Gasteiger partial charge in [-0.15, -0.1) is 0 Å². The van der Waals surface area contributed by atoms with E-state index in [1.807, 2.05) is 0 Å². The number of nitrogens with one attached hydrogen (secondary N) is 1. The first-order valence-electron chi connectivity index (χ1n) is 7.17. The van der Waals surface area contributed by atoms with Gasteiger partial charge in [-0.2, -0.15) is 0 Å². The lowest BCUT2D eigenvalue weighted by molar-refractivity contribution is 0.102. The van der Waals surface area contributed by atoms with Crippen LogP contribution in [0.4, 0.5) is 10.2 Å². The lowest BCUT2D eigenvalue weighted by Crippen LogP contribution is -2.14. The van der Waals surface area contributed by atoms with Gasteiger partial charge in [-0.05, 0) is 42.5 Å². The minimum atomic E-state index is -0.349. The molecule has 0 aliphatic rings. The van der Waals surface area contributed by atoms with Gasteiger partial charge in [0, 0.05) is 23.5 Å². The van der Waals surface area contributed by atoms with E-state index in [2.05, 4.69) is 27.1 Å². The fourth-order valence-corrected chi connectivity index (χ4v) is 1.93. The summed E-state index contributed by atoms with van der Waals surface area (Å²) in [6.07, 6.45) is 3.09. The number of carbonyl (C=O) groups excluding carboxylic acids is 1. The zero-order chi connectivity index (χ0) is 16.8. The van der Waals surface area contributed by atoms with Gasteiger partial charge >= 0.3 is 0 Å². The van der Waals surface area contributed by atoms with Crippen molar-refractivity contribution in [1.82, 2.24) is 9.97 Å². The molecule has 0 saturated carbocycles. The molecule has 1 N–H and O–H groups in total. The van der Waals surface area contributed by atoms with Gasteiger partial charge < -0.3 is 5.32 Å². The molecule has 3 rings (SSSR count). The normalized spacial score (nSPS) is 9.71. The second kappa shape index (κ2) is 7.16. The summed E-state index contributed by atoms with van der Waals surface area (Å²) < 4.78 is 13.1. The highest BCUT2D eigenvalue weighted by Gasteiger charge is 2.07. The van der Waals surface area contributed by atoms with Gasteiger partial charge in [-0.1, -0.05) is 24.0 Å². The molecule has 0 unspecified atom stereocenters. The van der Waals surface area contributed by atoms with E-state index in [4.69, 9.17) is 0 Å². The second-order valence-electron chi connectivity index (χ2n) is 4.86. The SMILES string of the molecule is O=C(Nc1ccccn1)c1ccc(C#Cc2cccc(F)c2)cn1. The van der Waals surface area contributed by atoms with E-state index in [1.165, 1.54) is 18.3 Å². The Morgan fingerprint density at radius 1 is 0.958 bits per heavy atom. The van der Waals surface area contributed by atoms with Crippen molar-refractivity contribution in [3.8, 4) is 11.8 Å². The van der Waals surface area contributed by atoms with E-state index in [0.29, 0.717) is 16.9 Å². The summed E-state index contributed by atoms with van der Waals surface area (Å²) in [6.45, 7) is 0. The number of hydrogen-bond donors (Lipinski definition) is 1. The number of hydrogen-bond acceptors (Lipinski definition) is 3. The van der Waals surface area contributed by atoms with Crippen molar-refractivity contribution in [2.45, 2.75) is 0 Å². The van der Waals surface area contributed by atoms with Crippen molar-refractivity contribution in [3.63, 3.8) is 0 Å². The van der Waals surface area contributed by atoms with Crippen LogP contribution in [0.3, 0.4) is 0 Å². The van der Waals surface area contributed by atoms with Crippen molar-refractivity contribution in [2.24, 2.45) is 0 Å². The summed E-state index contributed by atoms with van der Waals surface area (Å²) in [5.41, 5.74) is 1.47. The number of pyridine rings is 2. The fourth-order valence-electron chi connectivity index (χ4n) is 1.93. The molecule has 5 heteroatoms. The molecule has 116 valence electrons. The van der Waals surface area contributed by atoms with Crippen molar-refractivity contribution in [2.75, 3.05) is 5.32 Å². The zero-order valence-corrected chi connectivity index (χ0v) is 12.5.